The van der Waals surface area contributed by atoms with Crippen molar-refractivity contribution in [3.05, 3.63) is 47.4 Å². The van der Waals surface area contributed by atoms with E-state index < -0.39 is 0 Å². The number of nitrogens with zero attached hydrogens (tertiary/aromatic N) is 6. The van der Waals surface area contributed by atoms with E-state index in [4.69, 9.17) is 4.74 Å². The molecule has 0 unspecified atom stereocenters. The highest BCUT2D eigenvalue weighted by Crippen LogP contribution is 2.30. The first-order valence-electron chi connectivity index (χ1n) is 10.2. The molecule has 0 aliphatic heterocycles. The van der Waals surface area contributed by atoms with Crippen LogP contribution in [0.5, 0.6) is 5.88 Å². The number of amides is 1. The Morgan fingerprint density at radius 1 is 1.19 bits per heavy atom. The molecule has 0 saturated carbocycles. The number of pyridine rings is 1. The number of carbonyl (C=O) groups excluding carboxylic acids is 1. The largest absolute Gasteiger partial charge is 0.479 e. The number of anilines is 1. The average Bonchev–Trinajstić information content (AvgIpc) is 3.31. The van der Waals surface area contributed by atoms with Crippen LogP contribution in [-0.2, 0) is 25.3 Å². The highest BCUT2D eigenvalue weighted by atomic mass is 32.2. The molecule has 3 heterocycles. The molecule has 4 aromatic rings. The summed E-state index contributed by atoms with van der Waals surface area (Å²) in [6, 6.07) is 7.69. The second-order valence-corrected chi connectivity index (χ2v) is 8.57. The summed E-state index contributed by atoms with van der Waals surface area (Å²) in [5.41, 5.74) is 4.54. The molecule has 9 nitrogen and oxygen atoms in total. The van der Waals surface area contributed by atoms with Gasteiger partial charge < -0.3 is 14.6 Å². The molecule has 1 aromatic carbocycles. The highest BCUT2D eigenvalue weighted by Gasteiger charge is 2.18. The van der Waals surface area contributed by atoms with Crippen molar-refractivity contribution in [2.45, 2.75) is 36.7 Å². The standard InChI is InChI=1S/C22H25N7O2S/c1-13-17(14(2)24-20-19(13)21(31-5)27-29(20)4)10-11-18(30)25-15-6-8-16(9-7-15)32-22-26-23-12-28(22)3/h6-9,12H,10-11H2,1-5H3,(H,25,30). The van der Waals surface area contributed by atoms with Crippen molar-refractivity contribution in [3.63, 3.8) is 0 Å². The summed E-state index contributed by atoms with van der Waals surface area (Å²) in [5.74, 6) is 0.508. The molecule has 0 radical (unpaired) electrons. The number of hydrogen-bond donors (Lipinski definition) is 1. The lowest BCUT2D eigenvalue weighted by atomic mass is 10.00. The Morgan fingerprint density at radius 3 is 2.59 bits per heavy atom. The average molecular weight is 452 g/mol. The zero-order valence-electron chi connectivity index (χ0n) is 18.7. The van der Waals surface area contributed by atoms with Gasteiger partial charge in [-0.05, 0) is 67.4 Å². The quantitative estimate of drug-likeness (QED) is 0.459. The molecule has 4 rings (SSSR count). The lowest BCUT2D eigenvalue weighted by Crippen LogP contribution is -2.13. The maximum atomic E-state index is 12.6. The van der Waals surface area contributed by atoms with Gasteiger partial charge in [-0.25, -0.2) is 9.67 Å². The first-order valence-corrected chi connectivity index (χ1v) is 11.0. The Kier molecular flexibility index (Phi) is 6.13. The van der Waals surface area contributed by atoms with Crippen molar-refractivity contribution in [2.75, 3.05) is 12.4 Å². The van der Waals surface area contributed by atoms with E-state index in [1.165, 1.54) is 11.8 Å². The van der Waals surface area contributed by atoms with Gasteiger partial charge in [-0.2, -0.15) is 0 Å². The Hall–Kier alpha value is -3.40. The van der Waals surface area contributed by atoms with Crippen molar-refractivity contribution in [1.82, 2.24) is 29.5 Å². The van der Waals surface area contributed by atoms with Gasteiger partial charge in [0.2, 0.25) is 11.8 Å². The number of nitrogens with one attached hydrogen (secondary N) is 1. The van der Waals surface area contributed by atoms with E-state index in [0.29, 0.717) is 18.7 Å². The minimum Gasteiger partial charge on any atom is -0.479 e. The van der Waals surface area contributed by atoms with Crippen molar-refractivity contribution in [2.24, 2.45) is 14.1 Å². The van der Waals surface area contributed by atoms with Gasteiger partial charge in [0, 0.05) is 36.8 Å². The van der Waals surface area contributed by atoms with Gasteiger partial charge in [0.25, 0.3) is 0 Å². The van der Waals surface area contributed by atoms with Gasteiger partial charge in [0.1, 0.15) is 6.33 Å². The van der Waals surface area contributed by atoms with Crippen LogP contribution in [0.1, 0.15) is 23.2 Å². The van der Waals surface area contributed by atoms with E-state index in [0.717, 1.165) is 43.6 Å². The Balaban J connectivity index is 1.42. The lowest BCUT2D eigenvalue weighted by molar-refractivity contribution is -0.116. The summed E-state index contributed by atoms with van der Waals surface area (Å²) < 4.78 is 8.99. The third-order valence-electron chi connectivity index (χ3n) is 5.34. The Morgan fingerprint density at radius 2 is 1.94 bits per heavy atom. The van der Waals surface area contributed by atoms with Gasteiger partial charge in [0.15, 0.2) is 10.8 Å². The lowest BCUT2D eigenvalue weighted by Gasteiger charge is -2.11. The van der Waals surface area contributed by atoms with Crippen LogP contribution < -0.4 is 10.1 Å². The van der Waals surface area contributed by atoms with Crippen molar-refractivity contribution in [3.8, 4) is 5.88 Å². The molecule has 10 heteroatoms. The Labute approximate surface area is 190 Å². The highest BCUT2D eigenvalue weighted by molar-refractivity contribution is 7.99. The fourth-order valence-electron chi connectivity index (χ4n) is 3.65. The second kappa shape index (κ2) is 8.99. The van der Waals surface area contributed by atoms with E-state index >= 15 is 0 Å². The zero-order valence-corrected chi connectivity index (χ0v) is 19.5. The number of methoxy groups -OCH3 is 1. The van der Waals surface area contributed by atoms with Crippen LogP contribution >= 0.6 is 11.8 Å². The molecule has 0 atom stereocenters. The smallest absolute Gasteiger partial charge is 0.242 e. The number of aromatic nitrogens is 6. The van der Waals surface area contributed by atoms with E-state index in [9.17, 15) is 4.79 Å². The Bertz CT molecular complexity index is 1280. The molecule has 0 saturated heterocycles. The molecular weight excluding hydrogens is 426 g/mol. The molecule has 32 heavy (non-hydrogen) atoms. The molecule has 0 aliphatic carbocycles. The third kappa shape index (κ3) is 4.31. The fraction of sp³-hybridized carbons (Fsp3) is 0.318. The SMILES string of the molecule is COc1nn(C)c2nc(C)c(CCC(=O)Nc3ccc(Sc4nncn4C)cc3)c(C)c12. The van der Waals surface area contributed by atoms with Gasteiger partial charge in [-0.15, -0.1) is 15.3 Å². The van der Waals surface area contributed by atoms with E-state index in [1.54, 1.807) is 18.1 Å². The summed E-state index contributed by atoms with van der Waals surface area (Å²) in [6.07, 6.45) is 2.61. The van der Waals surface area contributed by atoms with Crippen molar-refractivity contribution < 1.29 is 9.53 Å². The molecule has 1 N–H and O–H groups in total. The third-order valence-corrected chi connectivity index (χ3v) is 6.40. The summed E-state index contributed by atoms with van der Waals surface area (Å²) >= 11 is 1.52. The van der Waals surface area contributed by atoms with Crippen LogP contribution in [0.3, 0.4) is 0 Å². The van der Waals surface area contributed by atoms with Crippen LogP contribution in [0.25, 0.3) is 11.0 Å². The van der Waals surface area contributed by atoms with Crippen molar-refractivity contribution in [1.29, 1.82) is 0 Å². The summed E-state index contributed by atoms with van der Waals surface area (Å²) in [5, 5.41) is 17.0. The normalized spacial score (nSPS) is 11.2. The first-order chi connectivity index (χ1) is 15.4. The number of fused-ring (bicyclic) bond motifs is 1. The molecule has 166 valence electrons. The molecule has 0 spiro atoms. The number of carbonyl (C=O) groups is 1. The van der Waals surface area contributed by atoms with Gasteiger partial charge >= 0.3 is 0 Å². The predicted molar refractivity (Wildman–Crippen MR) is 123 cm³/mol. The molecule has 0 bridgehead atoms. The summed E-state index contributed by atoms with van der Waals surface area (Å²) in [7, 11) is 5.35. The predicted octanol–water partition coefficient (Wildman–Crippen LogP) is 3.44. The van der Waals surface area contributed by atoms with Crippen LogP contribution in [-0.4, -0.2) is 42.5 Å². The topological polar surface area (TPSA) is 99.8 Å². The van der Waals surface area contributed by atoms with E-state index in [2.05, 4.69) is 25.6 Å². The number of benzene rings is 1. The van der Waals surface area contributed by atoms with Crippen LogP contribution in [0.4, 0.5) is 5.69 Å². The second-order valence-electron chi connectivity index (χ2n) is 7.53. The molecular formula is C22H25N7O2S. The monoisotopic (exact) mass is 451 g/mol. The maximum absolute atomic E-state index is 12.6. The van der Waals surface area contributed by atoms with Gasteiger partial charge in [-0.1, -0.05) is 0 Å². The molecule has 0 aliphatic rings. The van der Waals surface area contributed by atoms with Crippen LogP contribution in [0.15, 0.2) is 40.6 Å². The van der Waals surface area contributed by atoms with E-state index in [1.807, 2.05) is 56.8 Å². The fourth-order valence-corrected chi connectivity index (χ4v) is 4.41. The number of aryl methyl sites for hydroxylation is 4. The summed E-state index contributed by atoms with van der Waals surface area (Å²) in [6.45, 7) is 3.99. The number of hydrogen-bond acceptors (Lipinski definition) is 7. The van der Waals surface area contributed by atoms with Crippen molar-refractivity contribution >= 4 is 34.4 Å². The van der Waals surface area contributed by atoms with Gasteiger partial charge in [0.05, 0.1) is 12.5 Å². The van der Waals surface area contributed by atoms with Crippen LogP contribution in [0, 0.1) is 13.8 Å². The number of ether oxygens (including phenoxy) is 1. The minimum absolute atomic E-state index is 0.0456. The summed E-state index contributed by atoms with van der Waals surface area (Å²) in [4.78, 5) is 18.3. The van der Waals surface area contributed by atoms with Gasteiger partial charge in [-0.3, -0.25) is 4.79 Å². The minimum atomic E-state index is -0.0456. The van der Waals surface area contributed by atoms with E-state index in [-0.39, 0.29) is 5.91 Å². The molecule has 1 amide bonds. The molecule has 3 aromatic heterocycles. The molecule has 0 fully saturated rings. The number of rotatable bonds is 7. The zero-order chi connectivity index (χ0) is 22.8. The first kappa shape index (κ1) is 21.8. The maximum Gasteiger partial charge on any atom is 0.242 e. The van der Waals surface area contributed by atoms with Crippen LogP contribution in [0.2, 0.25) is 0 Å².